The molecular formula is C14H19ClN2O3S. The quantitative estimate of drug-likeness (QED) is 0.750. The number of halogens is 1. The second-order valence-electron chi connectivity index (χ2n) is 5.23. The Labute approximate surface area is 132 Å². The summed E-state index contributed by atoms with van der Waals surface area (Å²) in [6, 6.07) is 3.55. The summed E-state index contributed by atoms with van der Waals surface area (Å²) in [7, 11) is 0. The van der Waals surface area contributed by atoms with Gasteiger partial charge >= 0.3 is 12.0 Å². The summed E-state index contributed by atoms with van der Waals surface area (Å²) in [5, 5.41) is 14.6. The molecular weight excluding hydrogens is 312 g/mol. The number of amides is 2. The molecule has 0 saturated heterocycles. The average Bonchev–Trinajstić information content (AvgIpc) is 3.05. The van der Waals surface area contributed by atoms with Crippen LogP contribution in [0.25, 0.3) is 0 Å². The van der Waals surface area contributed by atoms with Gasteiger partial charge < -0.3 is 15.7 Å². The molecule has 21 heavy (non-hydrogen) atoms. The predicted octanol–water partition coefficient (Wildman–Crippen LogP) is 2.74. The Balaban J connectivity index is 1.64. The first-order chi connectivity index (χ1) is 10.1. The van der Waals surface area contributed by atoms with Crippen LogP contribution in [0.1, 0.15) is 24.1 Å². The Bertz CT molecular complexity index is 506. The number of rotatable bonds is 6. The monoisotopic (exact) mass is 330 g/mol. The van der Waals surface area contributed by atoms with Crippen LogP contribution in [-0.4, -0.2) is 30.2 Å². The summed E-state index contributed by atoms with van der Waals surface area (Å²) in [4.78, 5) is 23.9. The molecule has 2 rings (SSSR count). The van der Waals surface area contributed by atoms with Crippen LogP contribution >= 0.6 is 22.9 Å². The summed E-state index contributed by atoms with van der Waals surface area (Å²) < 4.78 is 0.746. The minimum atomic E-state index is -0.755. The lowest BCUT2D eigenvalue weighted by Gasteiger charge is -2.16. The third-order valence-corrected chi connectivity index (χ3v) is 5.08. The van der Waals surface area contributed by atoms with Crippen LogP contribution in [0.2, 0.25) is 4.34 Å². The van der Waals surface area contributed by atoms with Crippen LogP contribution < -0.4 is 10.6 Å². The van der Waals surface area contributed by atoms with E-state index in [2.05, 4.69) is 10.6 Å². The maximum atomic E-state index is 11.7. The summed E-state index contributed by atoms with van der Waals surface area (Å²) >= 11 is 7.34. The Morgan fingerprint density at radius 2 is 2.14 bits per heavy atom. The van der Waals surface area contributed by atoms with Crippen molar-refractivity contribution in [3.63, 3.8) is 0 Å². The van der Waals surface area contributed by atoms with E-state index in [4.69, 9.17) is 16.7 Å². The number of aliphatic carboxylic acids is 1. The molecule has 1 aliphatic rings. The highest BCUT2D eigenvalue weighted by molar-refractivity contribution is 7.16. The lowest BCUT2D eigenvalue weighted by molar-refractivity contribution is -0.142. The van der Waals surface area contributed by atoms with Gasteiger partial charge in [0.05, 0.1) is 10.3 Å². The Morgan fingerprint density at radius 3 is 2.81 bits per heavy atom. The first-order valence-corrected chi connectivity index (χ1v) is 8.24. The molecule has 1 heterocycles. The lowest BCUT2D eigenvalue weighted by atomic mass is 9.96. The van der Waals surface area contributed by atoms with E-state index in [0.29, 0.717) is 19.5 Å². The Kier molecular flexibility index (Phi) is 5.87. The number of carboxylic acids is 1. The lowest BCUT2D eigenvalue weighted by Crippen LogP contribution is -2.40. The summed E-state index contributed by atoms with van der Waals surface area (Å²) in [5.41, 5.74) is 0. The van der Waals surface area contributed by atoms with Crippen molar-refractivity contribution in [1.82, 2.24) is 10.6 Å². The number of urea groups is 1. The van der Waals surface area contributed by atoms with Gasteiger partial charge in [-0.3, -0.25) is 4.79 Å². The van der Waals surface area contributed by atoms with Crippen LogP contribution in [0.5, 0.6) is 0 Å². The molecule has 0 aromatic carbocycles. The van der Waals surface area contributed by atoms with Gasteiger partial charge in [-0.05, 0) is 37.3 Å². The van der Waals surface area contributed by atoms with Crippen molar-refractivity contribution < 1.29 is 14.7 Å². The van der Waals surface area contributed by atoms with E-state index in [9.17, 15) is 9.59 Å². The molecule has 0 aliphatic heterocycles. The molecule has 1 aromatic heterocycles. The van der Waals surface area contributed by atoms with E-state index in [1.807, 2.05) is 12.1 Å². The number of carbonyl (C=O) groups excluding carboxylic acids is 1. The third-order valence-electron chi connectivity index (χ3n) is 3.79. The molecule has 0 radical (unpaired) electrons. The van der Waals surface area contributed by atoms with Crippen molar-refractivity contribution in [2.45, 2.75) is 25.7 Å². The van der Waals surface area contributed by atoms with Crippen molar-refractivity contribution in [2.75, 3.05) is 13.1 Å². The molecule has 1 aromatic rings. The van der Waals surface area contributed by atoms with Crippen LogP contribution in [0.15, 0.2) is 12.1 Å². The fraction of sp³-hybridized carbons (Fsp3) is 0.571. The normalized spacial score (nSPS) is 21.2. The Hall–Kier alpha value is -1.27. The molecule has 2 amide bonds. The molecule has 7 heteroatoms. The number of carbonyl (C=O) groups is 2. The molecule has 2 unspecified atom stereocenters. The SMILES string of the molecule is O=C(NCCc1ccc(Cl)s1)NCC1CCCC1C(=O)O. The van der Waals surface area contributed by atoms with Crippen molar-refractivity contribution in [2.24, 2.45) is 11.8 Å². The predicted molar refractivity (Wildman–Crippen MR) is 82.9 cm³/mol. The van der Waals surface area contributed by atoms with Crippen LogP contribution in [-0.2, 0) is 11.2 Å². The molecule has 1 fully saturated rings. The second kappa shape index (κ2) is 7.66. The minimum Gasteiger partial charge on any atom is -0.481 e. The van der Waals surface area contributed by atoms with Gasteiger partial charge in [0.15, 0.2) is 0 Å². The van der Waals surface area contributed by atoms with Gasteiger partial charge in [-0.15, -0.1) is 11.3 Å². The van der Waals surface area contributed by atoms with Crippen LogP contribution in [0.4, 0.5) is 4.79 Å². The van der Waals surface area contributed by atoms with E-state index >= 15 is 0 Å². The van der Waals surface area contributed by atoms with Crippen LogP contribution in [0, 0.1) is 11.8 Å². The van der Waals surface area contributed by atoms with Crippen LogP contribution in [0.3, 0.4) is 0 Å². The smallest absolute Gasteiger partial charge is 0.314 e. The minimum absolute atomic E-state index is 0.0457. The maximum Gasteiger partial charge on any atom is 0.314 e. The summed E-state index contributed by atoms with van der Waals surface area (Å²) in [6.07, 6.45) is 3.24. The number of thiophene rings is 1. The molecule has 5 nitrogen and oxygen atoms in total. The van der Waals surface area contributed by atoms with Gasteiger partial charge in [-0.25, -0.2) is 4.79 Å². The average molecular weight is 331 g/mol. The molecule has 1 saturated carbocycles. The zero-order chi connectivity index (χ0) is 15.2. The van der Waals surface area contributed by atoms with Gasteiger partial charge in [0.25, 0.3) is 0 Å². The van der Waals surface area contributed by atoms with E-state index in [1.165, 1.54) is 11.3 Å². The largest absolute Gasteiger partial charge is 0.481 e. The zero-order valence-corrected chi connectivity index (χ0v) is 13.2. The highest BCUT2D eigenvalue weighted by Gasteiger charge is 2.32. The van der Waals surface area contributed by atoms with E-state index < -0.39 is 5.97 Å². The number of hydrogen-bond donors (Lipinski definition) is 3. The van der Waals surface area contributed by atoms with Gasteiger partial charge in [-0.2, -0.15) is 0 Å². The first kappa shape index (κ1) is 16.1. The fourth-order valence-electron chi connectivity index (χ4n) is 2.68. The van der Waals surface area contributed by atoms with E-state index in [0.717, 1.165) is 28.5 Å². The van der Waals surface area contributed by atoms with Crippen molar-refractivity contribution >= 4 is 34.9 Å². The second-order valence-corrected chi connectivity index (χ2v) is 7.03. The molecule has 0 bridgehead atoms. The van der Waals surface area contributed by atoms with Gasteiger partial charge in [0.2, 0.25) is 0 Å². The molecule has 1 aliphatic carbocycles. The summed E-state index contributed by atoms with van der Waals surface area (Å²) in [6.45, 7) is 0.962. The highest BCUT2D eigenvalue weighted by Crippen LogP contribution is 2.31. The number of nitrogens with one attached hydrogen (secondary N) is 2. The topological polar surface area (TPSA) is 78.4 Å². The Morgan fingerprint density at radius 1 is 1.33 bits per heavy atom. The maximum absolute atomic E-state index is 11.7. The fourth-order valence-corrected chi connectivity index (χ4v) is 3.76. The van der Waals surface area contributed by atoms with Crippen molar-refractivity contribution in [1.29, 1.82) is 0 Å². The highest BCUT2D eigenvalue weighted by atomic mass is 35.5. The zero-order valence-electron chi connectivity index (χ0n) is 11.6. The molecule has 2 atom stereocenters. The first-order valence-electron chi connectivity index (χ1n) is 7.05. The molecule has 3 N–H and O–H groups in total. The number of hydrogen-bond acceptors (Lipinski definition) is 3. The molecule has 0 spiro atoms. The summed E-state index contributed by atoms with van der Waals surface area (Å²) in [5.74, 6) is -1.03. The number of carboxylic acid groups (broad SMARTS) is 1. The van der Waals surface area contributed by atoms with Gasteiger partial charge in [0, 0.05) is 18.0 Å². The molecule has 116 valence electrons. The van der Waals surface area contributed by atoms with E-state index in [1.54, 1.807) is 0 Å². The van der Waals surface area contributed by atoms with Crippen molar-refractivity contribution in [3.05, 3.63) is 21.3 Å². The third kappa shape index (κ3) is 4.89. The van der Waals surface area contributed by atoms with Gasteiger partial charge in [-0.1, -0.05) is 18.0 Å². The van der Waals surface area contributed by atoms with Gasteiger partial charge in [0.1, 0.15) is 0 Å². The van der Waals surface area contributed by atoms with E-state index in [-0.39, 0.29) is 17.9 Å². The standard InChI is InChI=1S/C14H19ClN2O3S/c15-12-5-4-10(21-12)6-7-16-14(20)17-8-9-2-1-3-11(9)13(18)19/h4-5,9,11H,1-3,6-8H2,(H,18,19)(H2,16,17,20). The van der Waals surface area contributed by atoms with Crippen molar-refractivity contribution in [3.8, 4) is 0 Å².